The average molecular weight is 745 g/mol. The van der Waals surface area contributed by atoms with Crippen LogP contribution in [0.15, 0.2) is 12.2 Å². The first-order chi connectivity index (χ1) is 24.5. The van der Waals surface area contributed by atoms with Crippen LogP contribution in [0.3, 0.4) is 0 Å². The molecule has 0 saturated heterocycles. The molecule has 9 heteroatoms. The summed E-state index contributed by atoms with van der Waals surface area (Å²) < 4.78 is 23.2. The number of nitrogens with one attached hydrogen (secondary N) is 1. The number of aliphatic hydroxyl groups is 1. The van der Waals surface area contributed by atoms with Gasteiger partial charge in [0.1, 0.15) is 13.2 Å². The highest BCUT2D eigenvalue weighted by Gasteiger charge is 2.24. The van der Waals surface area contributed by atoms with Gasteiger partial charge in [0.15, 0.2) is 0 Å². The summed E-state index contributed by atoms with van der Waals surface area (Å²) in [6, 6.07) is -0.799. The zero-order valence-electron chi connectivity index (χ0n) is 34.3. The van der Waals surface area contributed by atoms with E-state index in [1.807, 2.05) is 21.1 Å². The van der Waals surface area contributed by atoms with Crippen LogP contribution in [0.5, 0.6) is 0 Å². The minimum Gasteiger partial charge on any atom is -0.756 e. The second kappa shape index (κ2) is 35.0. The van der Waals surface area contributed by atoms with Crippen molar-refractivity contribution in [2.24, 2.45) is 0 Å². The average Bonchev–Trinajstić information content (AvgIpc) is 3.07. The van der Waals surface area contributed by atoms with Gasteiger partial charge in [0, 0.05) is 6.42 Å². The molecule has 0 fully saturated rings. The van der Waals surface area contributed by atoms with Gasteiger partial charge in [0.25, 0.3) is 7.82 Å². The second-order valence-electron chi connectivity index (χ2n) is 16.1. The predicted molar refractivity (Wildman–Crippen MR) is 215 cm³/mol. The van der Waals surface area contributed by atoms with Gasteiger partial charge in [-0.2, -0.15) is 0 Å². The highest BCUT2D eigenvalue weighted by atomic mass is 31.2. The van der Waals surface area contributed by atoms with Gasteiger partial charge in [-0.1, -0.05) is 167 Å². The van der Waals surface area contributed by atoms with E-state index < -0.39 is 20.0 Å². The van der Waals surface area contributed by atoms with E-state index in [1.165, 1.54) is 122 Å². The predicted octanol–water partition coefficient (Wildman–Crippen LogP) is 10.9. The standard InChI is InChI=1S/C42H85N2O6P/c1-6-8-10-12-14-16-18-20-22-23-25-27-29-31-33-35-41(45)40(39-50-51(47,48)49-38-37-44(3,4)5)43-42(46)36-34-32-30-28-26-24-21-19-17-15-13-11-9-7-2/h19,21,40-41,45H,6-18,20,22-39H2,1-5H3,(H-,43,46,47,48)/b21-19-. The maximum absolute atomic E-state index is 12.8. The Labute approximate surface area is 316 Å². The van der Waals surface area contributed by atoms with Crippen LogP contribution < -0.4 is 10.2 Å². The van der Waals surface area contributed by atoms with E-state index in [1.54, 1.807) is 0 Å². The fourth-order valence-corrected chi connectivity index (χ4v) is 6.99. The molecule has 0 spiro atoms. The molecule has 0 aromatic carbocycles. The third-order valence-electron chi connectivity index (χ3n) is 9.75. The molecule has 0 aliphatic heterocycles. The molecule has 0 radical (unpaired) electrons. The number of carbonyl (C=O) groups is 1. The normalized spacial score (nSPS) is 14.6. The zero-order chi connectivity index (χ0) is 37.9. The number of hydrogen-bond donors (Lipinski definition) is 2. The van der Waals surface area contributed by atoms with Crippen molar-refractivity contribution in [2.45, 2.75) is 212 Å². The van der Waals surface area contributed by atoms with Gasteiger partial charge < -0.3 is 28.8 Å². The van der Waals surface area contributed by atoms with Crippen LogP contribution in [0.4, 0.5) is 0 Å². The molecule has 0 rings (SSSR count). The minimum atomic E-state index is -4.56. The van der Waals surface area contributed by atoms with Crippen LogP contribution in [-0.2, 0) is 18.4 Å². The first kappa shape index (κ1) is 50.2. The summed E-state index contributed by atoms with van der Waals surface area (Å²) in [5, 5.41) is 13.9. The second-order valence-corrected chi connectivity index (χ2v) is 17.5. The van der Waals surface area contributed by atoms with Crippen LogP contribution in [0.2, 0.25) is 0 Å². The molecule has 2 N–H and O–H groups in total. The van der Waals surface area contributed by atoms with Crippen molar-refractivity contribution < 1.29 is 32.9 Å². The molecule has 0 aromatic heterocycles. The van der Waals surface area contributed by atoms with Crippen LogP contribution >= 0.6 is 7.82 Å². The summed E-state index contributed by atoms with van der Waals surface area (Å²) in [6.45, 7) is 4.70. The highest BCUT2D eigenvalue weighted by molar-refractivity contribution is 7.45. The molecule has 304 valence electrons. The lowest BCUT2D eigenvalue weighted by atomic mass is 10.0. The molecule has 51 heavy (non-hydrogen) atoms. The van der Waals surface area contributed by atoms with E-state index in [9.17, 15) is 19.4 Å². The Morgan fingerprint density at radius 1 is 0.667 bits per heavy atom. The van der Waals surface area contributed by atoms with Gasteiger partial charge in [-0.15, -0.1) is 0 Å². The van der Waals surface area contributed by atoms with Crippen molar-refractivity contribution in [3.8, 4) is 0 Å². The minimum absolute atomic E-state index is 0.0123. The van der Waals surface area contributed by atoms with Gasteiger partial charge in [-0.05, 0) is 38.5 Å². The van der Waals surface area contributed by atoms with Gasteiger partial charge in [0.2, 0.25) is 5.91 Å². The number of nitrogens with zero attached hydrogens (tertiary/aromatic N) is 1. The van der Waals surface area contributed by atoms with E-state index in [2.05, 4.69) is 31.3 Å². The van der Waals surface area contributed by atoms with Gasteiger partial charge in [-0.3, -0.25) is 9.36 Å². The van der Waals surface area contributed by atoms with E-state index in [0.717, 1.165) is 51.4 Å². The number of amides is 1. The highest BCUT2D eigenvalue weighted by Crippen LogP contribution is 2.38. The maximum Gasteiger partial charge on any atom is 0.268 e. The van der Waals surface area contributed by atoms with E-state index >= 15 is 0 Å². The third kappa shape index (κ3) is 37.4. The van der Waals surface area contributed by atoms with E-state index in [-0.39, 0.29) is 19.1 Å². The number of allylic oxidation sites excluding steroid dienone is 2. The number of carbonyl (C=O) groups excluding carboxylic acids is 1. The largest absolute Gasteiger partial charge is 0.756 e. The Balaban J connectivity index is 4.40. The summed E-state index contributed by atoms with van der Waals surface area (Å²) in [7, 11) is 1.30. The van der Waals surface area contributed by atoms with Gasteiger partial charge in [0.05, 0.1) is 39.9 Å². The molecule has 3 unspecified atom stereocenters. The lowest BCUT2D eigenvalue weighted by molar-refractivity contribution is -0.870. The molecule has 0 aliphatic carbocycles. The Hall–Kier alpha value is -0.760. The number of rotatable bonds is 39. The van der Waals surface area contributed by atoms with Crippen molar-refractivity contribution in [3.63, 3.8) is 0 Å². The van der Waals surface area contributed by atoms with Crippen molar-refractivity contribution in [3.05, 3.63) is 12.2 Å². The third-order valence-corrected chi connectivity index (χ3v) is 10.7. The van der Waals surface area contributed by atoms with E-state index in [4.69, 9.17) is 9.05 Å². The number of likely N-dealkylation sites (N-methyl/N-ethyl adjacent to an activating group) is 1. The lowest BCUT2D eigenvalue weighted by Crippen LogP contribution is -2.46. The van der Waals surface area contributed by atoms with Gasteiger partial charge >= 0.3 is 0 Å². The van der Waals surface area contributed by atoms with E-state index in [0.29, 0.717) is 23.9 Å². The molecule has 0 saturated carbocycles. The summed E-state index contributed by atoms with van der Waals surface area (Å²) >= 11 is 0. The SMILES string of the molecule is CCCCCCC/C=C\CCCCCCCC(=O)NC(COP(=O)([O-])OCC[N+](C)(C)C)C(O)CCCCCCCCCCCCCCCCC. The molecule has 0 aromatic rings. The first-order valence-corrected chi connectivity index (χ1v) is 23.0. The topological polar surface area (TPSA) is 108 Å². The number of unbranched alkanes of at least 4 members (excludes halogenated alkanes) is 24. The quantitative estimate of drug-likeness (QED) is 0.0281. The number of quaternary nitrogens is 1. The van der Waals surface area contributed by atoms with Crippen molar-refractivity contribution in [1.82, 2.24) is 5.32 Å². The number of phosphoric acid groups is 1. The Morgan fingerprint density at radius 2 is 1.08 bits per heavy atom. The smallest absolute Gasteiger partial charge is 0.268 e. The Kier molecular flexibility index (Phi) is 34.5. The zero-order valence-corrected chi connectivity index (χ0v) is 35.2. The molecule has 1 amide bonds. The number of hydrogen-bond acceptors (Lipinski definition) is 6. The number of phosphoric ester groups is 1. The molecule has 3 atom stereocenters. The monoisotopic (exact) mass is 745 g/mol. The molecule has 0 bridgehead atoms. The lowest BCUT2D eigenvalue weighted by Gasteiger charge is -2.30. The van der Waals surface area contributed by atoms with Crippen molar-refractivity contribution >= 4 is 13.7 Å². The van der Waals surface area contributed by atoms with Crippen LogP contribution in [-0.4, -0.2) is 68.5 Å². The molecule has 0 heterocycles. The molecular weight excluding hydrogens is 659 g/mol. The van der Waals surface area contributed by atoms with Gasteiger partial charge in [-0.25, -0.2) is 0 Å². The summed E-state index contributed by atoms with van der Waals surface area (Å²) in [5.41, 5.74) is 0. The van der Waals surface area contributed by atoms with Crippen molar-refractivity contribution in [1.29, 1.82) is 0 Å². The summed E-state index contributed by atoms with van der Waals surface area (Å²) in [5.74, 6) is -0.173. The fourth-order valence-electron chi connectivity index (χ4n) is 6.27. The maximum atomic E-state index is 12.8. The summed E-state index contributed by atoms with van der Waals surface area (Å²) in [6.07, 6.45) is 37.7. The van der Waals surface area contributed by atoms with Crippen LogP contribution in [0.25, 0.3) is 0 Å². The summed E-state index contributed by atoms with van der Waals surface area (Å²) in [4.78, 5) is 25.3. The number of aliphatic hydroxyl groups excluding tert-OH is 1. The fraction of sp³-hybridized carbons (Fsp3) is 0.929. The Bertz CT molecular complexity index is 850. The molecular formula is C42H85N2O6P. The first-order valence-electron chi connectivity index (χ1n) is 21.5. The Morgan fingerprint density at radius 3 is 1.53 bits per heavy atom. The van der Waals surface area contributed by atoms with Crippen molar-refractivity contribution in [2.75, 3.05) is 40.9 Å². The van der Waals surface area contributed by atoms with Crippen LogP contribution in [0.1, 0.15) is 200 Å². The molecule has 0 aliphatic rings. The molecule has 8 nitrogen and oxygen atoms in total. The van der Waals surface area contributed by atoms with Crippen LogP contribution in [0, 0.1) is 0 Å².